The van der Waals surface area contributed by atoms with Crippen LogP contribution in [0.4, 0.5) is 10.1 Å². The van der Waals surface area contributed by atoms with Gasteiger partial charge in [0.2, 0.25) is 5.91 Å². The van der Waals surface area contributed by atoms with E-state index in [1.54, 1.807) is 81.4 Å². The number of aromatic nitrogens is 1. The van der Waals surface area contributed by atoms with Gasteiger partial charge >= 0.3 is 5.97 Å². The van der Waals surface area contributed by atoms with Crippen molar-refractivity contribution >= 4 is 23.5 Å². The van der Waals surface area contributed by atoms with Crippen molar-refractivity contribution in [3.05, 3.63) is 100 Å². The normalized spacial score (nSPS) is 13.5. The number of nitrogens with one attached hydrogen (secondary N) is 2. The first kappa shape index (κ1) is 30.2. The van der Waals surface area contributed by atoms with Gasteiger partial charge in [0, 0.05) is 18.2 Å². The van der Waals surface area contributed by atoms with E-state index >= 15 is 0 Å². The van der Waals surface area contributed by atoms with Crippen molar-refractivity contribution in [1.29, 1.82) is 0 Å². The maximum absolute atomic E-state index is 13.6. The number of hydrogen-bond donors (Lipinski definition) is 3. The number of carbonyl (C=O) groups excluding carboxylic acids is 3. The van der Waals surface area contributed by atoms with Crippen LogP contribution in [0.5, 0.6) is 0 Å². The fraction of sp³-hybridized carbons (Fsp3) is 0.333. The van der Waals surface area contributed by atoms with E-state index in [0.717, 1.165) is 10.1 Å². The molecule has 3 N–H and O–H groups in total. The van der Waals surface area contributed by atoms with Gasteiger partial charge in [-0.1, -0.05) is 48.5 Å². The zero-order valence-electron chi connectivity index (χ0n) is 22.7. The molecule has 0 bridgehead atoms. The monoisotopic (exact) mass is 551 g/mol. The quantitative estimate of drug-likeness (QED) is 0.314. The van der Waals surface area contributed by atoms with Crippen molar-refractivity contribution in [3.63, 3.8) is 0 Å². The average Bonchev–Trinajstić information content (AvgIpc) is 2.92. The van der Waals surface area contributed by atoms with E-state index in [2.05, 4.69) is 10.6 Å². The summed E-state index contributed by atoms with van der Waals surface area (Å²) in [5, 5.41) is 15.4. The van der Waals surface area contributed by atoms with Gasteiger partial charge in [0.1, 0.15) is 30.1 Å². The lowest BCUT2D eigenvalue weighted by Crippen LogP contribution is -2.49. The molecular weight excluding hydrogens is 517 g/mol. The second-order valence-corrected chi connectivity index (χ2v) is 10.3. The topological polar surface area (TPSA) is 127 Å². The molecular formula is C30H34FN3O6. The van der Waals surface area contributed by atoms with E-state index in [9.17, 15) is 28.7 Å². The number of anilines is 1. The van der Waals surface area contributed by atoms with Gasteiger partial charge in [0.25, 0.3) is 11.5 Å². The third-order valence-electron chi connectivity index (χ3n) is 5.93. The van der Waals surface area contributed by atoms with Crippen LogP contribution in [0.1, 0.15) is 49.2 Å². The highest BCUT2D eigenvalue weighted by atomic mass is 19.1. The zero-order chi connectivity index (χ0) is 29.3. The van der Waals surface area contributed by atoms with Gasteiger partial charge in [0.05, 0.1) is 12.5 Å². The second kappa shape index (κ2) is 13.7. The molecule has 0 fully saturated rings. The van der Waals surface area contributed by atoms with E-state index in [-0.39, 0.29) is 12.1 Å². The molecule has 1 aromatic heterocycles. The van der Waals surface area contributed by atoms with Crippen molar-refractivity contribution in [2.75, 3.05) is 12.0 Å². The molecule has 0 saturated carbocycles. The van der Waals surface area contributed by atoms with Crippen molar-refractivity contribution in [1.82, 2.24) is 9.88 Å². The second-order valence-electron chi connectivity index (χ2n) is 10.3. The Balaban J connectivity index is 1.93. The smallest absolute Gasteiger partial charge is 0.308 e. The number of amides is 2. The van der Waals surface area contributed by atoms with E-state index < -0.39 is 60.2 Å². The third-order valence-corrected chi connectivity index (χ3v) is 5.93. The summed E-state index contributed by atoms with van der Waals surface area (Å²) in [5.41, 5.74) is -0.432. The van der Waals surface area contributed by atoms with E-state index in [1.807, 2.05) is 0 Å². The van der Waals surface area contributed by atoms with Crippen LogP contribution in [-0.2, 0) is 20.7 Å². The molecule has 212 valence electrons. The highest BCUT2D eigenvalue weighted by Crippen LogP contribution is 2.17. The van der Waals surface area contributed by atoms with E-state index in [0.29, 0.717) is 5.56 Å². The largest absolute Gasteiger partial charge is 0.460 e. The van der Waals surface area contributed by atoms with Crippen LogP contribution in [0.15, 0.2) is 83.8 Å². The van der Waals surface area contributed by atoms with Gasteiger partial charge in [-0.3, -0.25) is 19.2 Å². The standard InChI is InChI=1S/C30H34FN3O6/c1-30(2,3)40-26(36)18-23(25(35)19-31)33-28(38)24(17-20-11-6-4-7-12-20)34-16-10-15-22(29(34)39)32-27(37)21-13-8-5-9-14-21/h4-16,23-25,35H,17-19H2,1-3H3,(H,32,37)(H,33,38). The number of halogens is 1. The van der Waals surface area contributed by atoms with E-state index in [4.69, 9.17) is 4.74 Å². The van der Waals surface area contributed by atoms with E-state index in [1.165, 1.54) is 18.3 Å². The van der Waals surface area contributed by atoms with Gasteiger partial charge < -0.3 is 25.0 Å². The molecule has 3 unspecified atom stereocenters. The summed E-state index contributed by atoms with van der Waals surface area (Å²) in [6.07, 6.45) is -0.689. The summed E-state index contributed by atoms with van der Waals surface area (Å²) in [7, 11) is 0. The zero-order valence-corrected chi connectivity index (χ0v) is 22.7. The summed E-state index contributed by atoms with van der Waals surface area (Å²) in [5.74, 6) is -1.95. The number of aliphatic hydroxyl groups excluding tert-OH is 1. The third kappa shape index (κ3) is 8.60. The molecule has 40 heavy (non-hydrogen) atoms. The summed E-state index contributed by atoms with van der Waals surface area (Å²) in [4.78, 5) is 52.2. The summed E-state index contributed by atoms with van der Waals surface area (Å²) in [6, 6.07) is 17.7. The van der Waals surface area contributed by atoms with Crippen molar-refractivity contribution in [2.24, 2.45) is 0 Å². The Bertz CT molecular complexity index is 1360. The Morgan fingerprint density at radius 1 is 0.975 bits per heavy atom. The average molecular weight is 552 g/mol. The molecule has 10 heteroatoms. The Morgan fingerprint density at radius 2 is 1.60 bits per heavy atom. The number of carbonyl (C=O) groups is 3. The Labute approximate surface area is 232 Å². The predicted molar refractivity (Wildman–Crippen MR) is 149 cm³/mol. The SMILES string of the molecule is CC(C)(C)OC(=O)CC(NC(=O)C(Cc1ccccc1)n1cccc(NC(=O)c2ccccc2)c1=O)C(O)CF. The molecule has 3 aromatic rings. The van der Waals surface area contributed by atoms with Crippen molar-refractivity contribution < 1.29 is 28.6 Å². The maximum atomic E-state index is 13.6. The number of nitrogens with zero attached hydrogens (tertiary/aromatic N) is 1. The van der Waals surface area contributed by atoms with Crippen LogP contribution in [-0.4, -0.2) is 51.9 Å². The van der Waals surface area contributed by atoms with Crippen LogP contribution in [0.2, 0.25) is 0 Å². The Hall–Kier alpha value is -4.31. The molecule has 0 radical (unpaired) electrons. The highest BCUT2D eigenvalue weighted by molar-refractivity contribution is 6.04. The minimum atomic E-state index is -1.68. The number of hydrogen-bond acceptors (Lipinski definition) is 6. The molecule has 0 aliphatic rings. The predicted octanol–water partition coefficient (Wildman–Crippen LogP) is 3.43. The van der Waals surface area contributed by atoms with Crippen LogP contribution in [0.25, 0.3) is 0 Å². The molecule has 2 aromatic carbocycles. The molecule has 9 nitrogen and oxygen atoms in total. The van der Waals surface area contributed by atoms with Crippen LogP contribution < -0.4 is 16.2 Å². The molecule has 2 amide bonds. The molecule has 3 rings (SSSR count). The summed E-state index contributed by atoms with van der Waals surface area (Å²) >= 11 is 0. The fourth-order valence-electron chi connectivity index (χ4n) is 4.02. The number of pyridine rings is 1. The maximum Gasteiger partial charge on any atom is 0.308 e. The molecule has 0 saturated heterocycles. The molecule has 0 aliphatic carbocycles. The summed E-state index contributed by atoms with van der Waals surface area (Å²) in [6.45, 7) is 3.78. The minimum absolute atomic E-state index is 0.0451. The molecule has 0 aliphatic heterocycles. The van der Waals surface area contributed by atoms with Crippen molar-refractivity contribution in [2.45, 2.75) is 57.4 Å². The lowest BCUT2D eigenvalue weighted by molar-refractivity contribution is -0.156. The minimum Gasteiger partial charge on any atom is -0.460 e. The first-order valence-corrected chi connectivity index (χ1v) is 12.9. The Kier molecular flexibility index (Phi) is 10.3. The van der Waals surface area contributed by atoms with Gasteiger partial charge in [0.15, 0.2) is 0 Å². The lowest BCUT2D eigenvalue weighted by atomic mass is 10.0. The van der Waals surface area contributed by atoms with Crippen LogP contribution >= 0.6 is 0 Å². The number of rotatable bonds is 11. The molecule has 0 spiro atoms. The number of benzene rings is 2. The molecule has 3 atom stereocenters. The van der Waals surface area contributed by atoms with Gasteiger partial charge in [-0.05, 0) is 50.6 Å². The van der Waals surface area contributed by atoms with Crippen molar-refractivity contribution in [3.8, 4) is 0 Å². The number of alkyl halides is 1. The van der Waals surface area contributed by atoms with Crippen LogP contribution in [0.3, 0.4) is 0 Å². The van der Waals surface area contributed by atoms with Crippen LogP contribution in [0, 0.1) is 0 Å². The Morgan fingerprint density at radius 3 is 2.20 bits per heavy atom. The number of esters is 1. The fourth-order valence-corrected chi connectivity index (χ4v) is 4.02. The highest BCUT2D eigenvalue weighted by Gasteiger charge is 2.31. The lowest BCUT2D eigenvalue weighted by Gasteiger charge is -2.27. The first-order valence-electron chi connectivity index (χ1n) is 12.9. The van der Waals surface area contributed by atoms with Gasteiger partial charge in [-0.2, -0.15) is 0 Å². The number of aliphatic hydroxyl groups is 1. The molecule has 1 heterocycles. The van der Waals surface area contributed by atoms with Gasteiger partial charge in [-0.25, -0.2) is 4.39 Å². The first-order chi connectivity index (χ1) is 19.0. The number of ether oxygens (including phenoxy) is 1. The summed E-state index contributed by atoms with van der Waals surface area (Å²) < 4.78 is 19.9. The van der Waals surface area contributed by atoms with Gasteiger partial charge in [-0.15, -0.1) is 0 Å².